The molecule has 0 radical (unpaired) electrons. The van der Waals surface area contributed by atoms with Gasteiger partial charge in [0.1, 0.15) is 0 Å². The van der Waals surface area contributed by atoms with Crippen molar-refractivity contribution in [1.29, 1.82) is 0 Å². The van der Waals surface area contributed by atoms with Gasteiger partial charge in [0.05, 0.1) is 0 Å². The van der Waals surface area contributed by atoms with E-state index in [1.54, 1.807) is 0 Å². The van der Waals surface area contributed by atoms with Gasteiger partial charge >= 0.3 is 105 Å². The molecular formula is C14H30GeO. The topological polar surface area (TPSA) is 17.1 Å². The molecule has 0 aliphatic rings. The third kappa shape index (κ3) is 2.72. The summed E-state index contributed by atoms with van der Waals surface area (Å²) in [6, 6.07) is 0. The summed E-state index contributed by atoms with van der Waals surface area (Å²) in [7, 11) is 0. The molecule has 0 spiro atoms. The zero-order valence-electron chi connectivity index (χ0n) is 12.2. The molecule has 1 nitrogen and oxygen atoms in total. The second-order valence-corrected chi connectivity index (χ2v) is 15.8. The van der Waals surface area contributed by atoms with Crippen LogP contribution in [-0.4, -0.2) is 17.9 Å². The third-order valence-corrected chi connectivity index (χ3v) is 16.7. The summed E-state index contributed by atoms with van der Waals surface area (Å²) in [5.74, 6) is 0. The standard InChI is InChI=1S/C14H30GeO/c1-7-14(8-2,9-3)13(16)15(10-4,11-5)12-6/h7-12H2,1-6H3. The van der Waals surface area contributed by atoms with E-state index in [2.05, 4.69) is 41.5 Å². The van der Waals surface area contributed by atoms with Crippen molar-refractivity contribution in [3.8, 4) is 0 Å². The Morgan fingerprint density at radius 1 is 0.812 bits per heavy atom. The van der Waals surface area contributed by atoms with Crippen LogP contribution in [0.2, 0.25) is 15.8 Å². The van der Waals surface area contributed by atoms with E-state index in [1.165, 1.54) is 15.8 Å². The normalized spacial score (nSPS) is 12.9. The monoisotopic (exact) mass is 288 g/mol. The van der Waals surface area contributed by atoms with E-state index in [0.29, 0.717) is 4.62 Å². The maximum absolute atomic E-state index is 13.0. The van der Waals surface area contributed by atoms with Gasteiger partial charge in [-0.25, -0.2) is 0 Å². The molecule has 0 unspecified atom stereocenters. The Kier molecular flexibility index (Phi) is 6.92. The summed E-state index contributed by atoms with van der Waals surface area (Å²) in [4.78, 5) is 13.0. The first-order chi connectivity index (χ1) is 7.52. The minimum absolute atomic E-state index is 0.0159. The maximum atomic E-state index is 13.0. The second-order valence-electron chi connectivity index (χ2n) is 5.01. The molecule has 0 aliphatic heterocycles. The Labute approximate surface area is 105 Å². The van der Waals surface area contributed by atoms with Gasteiger partial charge in [-0.1, -0.05) is 0 Å². The van der Waals surface area contributed by atoms with Gasteiger partial charge in [0.15, 0.2) is 0 Å². The molecule has 0 fully saturated rings. The molecule has 96 valence electrons. The van der Waals surface area contributed by atoms with Gasteiger partial charge < -0.3 is 0 Å². The molecule has 0 N–H and O–H groups in total. The molecule has 0 heterocycles. The molecule has 16 heavy (non-hydrogen) atoms. The number of carbonyl (C=O) groups excluding carboxylic acids is 1. The molecule has 0 aromatic rings. The van der Waals surface area contributed by atoms with Crippen molar-refractivity contribution in [3.05, 3.63) is 0 Å². The first kappa shape index (κ1) is 16.2. The van der Waals surface area contributed by atoms with Gasteiger partial charge in [0, 0.05) is 0 Å². The van der Waals surface area contributed by atoms with Gasteiger partial charge in [0.2, 0.25) is 0 Å². The fourth-order valence-electron chi connectivity index (χ4n) is 3.03. The summed E-state index contributed by atoms with van der Waals surface area (Å²) in [6.45, 7) is 13.3. The van der Waals surface area contributed by atoms with Crippen LogP contribution in [0.4, 0.5) is 0 Å². The van der Waals surface area contributed by atoms with Crippen molar-refractivity contribution in [2.75, 3.05) is 0 Å². The Bertz CT molecular complexity index is 176. The number of hydrogen-bond donors (Lipinski definition) is 0. The fraction of sp³-hybridized carbons (Fsp3) is 0.929. The van der Waals surface area contributed by atoms with Crippen LogP contribution in [0.5, 0.6) is 0 Å². The number of hydrogen-bond acceptors (Lipinski definition) is 1. The first-order valence-electron chi connectivity index (χ1n) is 7.07. The Hall–Kier alpha value is 0.213. The van der Waals surface area contributed by atoms with Crippen molar-refractivity contribution in [2.24, 2.45) is 5.41 Å². The Morgan fingerprint density at radius 2 is 1.12 bits per heavy atom. The molecule has 0 aliphatic carbocycles. The number of carbonyl (C=O) groups is 1. The average Bonchev–Trinajstić information content (AvgIpc) is 2.35. The molecule has 0 atom stereocenters. The molecule has 0 rings (SSSR count). The summed E-state index contributed by atoms with van der Waals surface area (Å²) in [5, 5.41) is 3.52. The van der Waals surface area contributed by atoms with E-state index in [1.807, 2.05) is 0 Å². The van der Waals surface area contributed by atoms with Crippen LogP contribution in [0.15, 0.2) is 0 Å². The SMILES string of the molecule is CCC(CC)(CC)[C](=O)[Ge]([CH2]C)([CH2]C)[CH2]C. The van der Waals surface area contributed by atoms with E-state index < -0.39 is 13.3 Å². The van der Waals surface area contributed by atoms with Crippen LogP contribution < -0.4 is 0 Å². The van der Waals surface area contributed by atoms with Crippen molar-refractivity contribution in [1.82, 2.24) is 0 Å². The van der Waals surface area contributed by atoms with Gasteiger partial charge in [-0.2, -0.15) is 0 Å². The van der Waals surface area contributed by atoms with Gasteiger partial charge in [-0.05, 0) is 0 Å². The van der Waals surface area contributed by atoms with Gasteiger partial charge in [-0.3, -0.25) is 0 Å². The van der Waals surface area contributed by atoms with E-state index in [0.717, 1.165) is 19.3 Å². The molecule has 0 bridgehead atoms. The zero-order valence-corrected chi connectivity index (χ0v) is 14.2. The zero-order chi connectivity index (χ0) is 12.8. The molecule has 0 aromatic heterocycles. The quantitative estimate of drug-likeness (QED) is 0.585. The average molecular weight is 287 g/mol. The summed E-state index contributed by atoms with van der Waals surface area (Å²) >= 11 is -2.21. The summed E-state index contributed by atoms with van der Waals surface area (Å²) < 4.78 is 0.715. The first-order valence-corrected chi connectivity index (χ1v) is 12.6. The molecule has 0 saturated carbocycles. The van der Waals surface area contributed by atoms with Crippen LogP contribution in [0.3, 0.4) is 0 Å². The molecule has 0 amide bonds. The van der Waals surface area contributed by atoms with Gasteiger partial charge in [-0.15, -0.1) is 0 Å². The second kappa shape index (κ2) is 6.83. The molecular weight excluding hydrogens is 257 g/mol. The Balaban J connectivity index is 5.26. The predicted octanol–water partition coefficient (Wildman–Crippen LogP) is 4.82. The van der Waals surface area contributed by atoms with Crippen molar-refractivity contribution >= 4 is 17.9 Å². The fourth-order valence-corrected chi connectivity index (χ4v) is 11.7. The van der Waals surface area contributed by atoms with Crippen LogP contribution in [0.1, 0.15) is 60.8 Å². The van der Waals surface area contributed by atoms with E-state index >= 15 is 0 Å². The van der Waals surface area contributed by atoms with E-state index in [4.69, 9.17) is 0 Å². The predicted molar refractivity (Wildman–Crippen MR) is 75.5 cm³/mol. The van der Waals surface area contributed by atoms with Crippen molar-refractivity contribution in [3.63, 3.8) is 0 Å². The summed E-state index contributed by atoms with van der Waals surface area (Å²) in [6.07, 6.45) is 3.10. The molecule has 0 saturated heterocycles. The Morgan fingerprint density at radius 3 is 1.31 bits per heavy atom. The summed E-state index contributed by atoms with van der Waals surface area (Å²) in [5.41, 5.74) is 0.0159. The number of rotatable bonds is 8. The third-order valence-electron chi connectivity index (χ3n) is 5.02. The van der Waals surface area contributed by atoms with Crippen molar-refractivity contribution in [2.45, 2.75) is 76.6 Å². The van der Waals surface area contributed by atoms with Crippen LogP contribution in [0, 0.1) is 5.41 Å². The molecule has 2 heteroatoms. The molecule has 0 aromatic carbocycles. The van der Waals surface area contributed by atoms with Crippen LogP contribution >= 0.6 is 0 Å². The van der Waals surface area contributed by atoms with Crippen LogP contribution in [-0.2, 0) is 4.79 Å². The van der Waals surface area contributed by atoms with E-state index in [9.17, 15) is 4.79 Å². The van der Waals surface area contributed by atoms with E-state index in [-0.39, 0.29) is 5.41 Å². The van der Waals surface area contributed by atoms with Crippen LogP contribution in [0.25, 0.3) is 0 Å². The minimum atomic E-state index is -2.21. The van der Waals surface area contributed by atoms with Crippen molar-refractivity contribution < 1.29 is 4.79 Å². The van der Waals surface area contributed by atoms with Gasteiger partial charge in [0.25, 0.3) is 0 Å².